The Balaban J connectivity index is 2.07. The minimum atomic E-state index is -0.658. The third-order valence-electron chi connectivity index (χ3n) is 4.21. The Morgan fingerprint density at radius 3 is 2.41 bits per heavy atom. The second-order valence-electron chi connectivity index (χ2n) is 6.69. The van der Waals surface area contributed by atoms with Crippen LogP contribution in [0.4, 0.5) is 5.69 Å². The number of nitrogens with one attached hydrogen (secondary N) is 1. The van der Waals surface area contributed by atoms with Crippen LogP contribution in [0.15, 0.2) is 42.5 Å². The number of hydrogen-bond donors (Lipinski definition) is 1. The van der Waals surface area contributed by atoms with Crippen molar-refractivity contribution in [3.63, 3.8) is 0 Å². The molecule has 0 unspecified atom stereocenters. The summed E-state index contributed by atoms with van der Waals surface area (Å²) in [5, 5.41) is 2.86. The molecular formula is C22H27NO4. The SMILES string of the molecule is CCOC(=O)c1ccc(NC(=O)[C@H](C)Oc2ccccc2C(C)C)c(C)c1. The standard InChI is InChI=1S/C22H27NO4/c1-6-26-22(25)17-11-12-19(15(4)13-17)23-21(24)16(5)27-20-10-8-7-9-18(20)14(2)3/h7-14,16H,6H2,1-5H3,(H,23,24)/t16-/m0/s1. The zero-order chi connectivity index (χ0) is 20.0. The molecule has 5 heteroatoms. The number of rotatable bonds is 7. The van der Waals surface area contributed by atoms with Crippen LogP contribution in [0, 0.1) is 6.92 Å². The second kappa shape index (κ2) is 9.21. The number of benzene rings is 2. The molecular weight excluding hydrogens is 342 g/mol. The van der Waals surface area contributed by atoms with Crippen LogP contribution >= 0.6 is 0 Å². The molecule has 2 rings (SSSR count). The van der Waals surface area contributed by atoms with Gasteiger partial charge in [0.15, 0.2) is 6.10 Å². The summed E-state index contributed by atoms with van der Waals surface area (Å²) >= 11 is 0. The third-order valence-corrected chi connectivity index (χ3v) is 4.21. The van der Waals surface area contributed by atoms with E-state index in [4.69, 9.17) is 9.47 Å². The summed E-state index contributed by atoms with van der Waals surface area (Å²) in [5.41, 5.74) is 2.94. The third kappa shape index (κ3) is 5.33. The molecule has 0 radical (unpaired) electrons. The van der Waals surface area contributed by atoms with Crippen molar-refractivity contribution in [1.82, 2.24) is 0 Å². The summed E-state index contributed by atoms with van der Waals surface area (Å²) in [7, 11) is 0. The number of carbonyl (C=O) groups is 2. The smallest absolute Gasteiger partial charge is 0.338 e. The van der Waals surface area contributed by atoms with Gasteiger partial charge < -0.3 is 14.8 Å². The summed E-state index contributed by atoms with van der Waals surface area (Å²) in [6, 6.07) is 12.8. The molecule has 2 aromatic rings. The van der Waals surface area contributed by atoms with Gasteiger partial charge in [-0.3, -0.25) is 4.79 Å². The zero-order valence-corrected chi connectivity index (χ0v) is 16.5. The van der Waals surface area contributed by atoms with Crippen LogP contribution in [0.5, 0.6) is 5.75 Å². The highest BCUT2D eigenvalue weighted by molar-refractivity contribution is 5.96. The lowest BCUT2D eigenvalue weighted by molar-refractivity contribution is -0.122. The number of esters is 1. The number of amides is 1. The summed E-state index contributed by atoms with van der Waals surface area (Å²) in [4.78, 5) is 24.3. The molecule has 5 nitrogen and oxygen atoms in total. The average molecular weight is 369 g/mol. The lowest BCUT2D eigenvalue weighted by Crippen LogP contribution is -2.30. The molecule has 2 aromatic carbocycles. The molecule has 0 saturated carbocycles. The van der Waals surface area contributed by atoms with E-state index in [0.29, 0.717) is 29.5 Å². The maximum absolute atomic E-state index is 12.5. The molecule has 1 atom stereocenters. The van der Waals surface area contributed by atoms with E-state index in [1.54, 1.807) is 32.0 Å². The van der Waals surface area contributed by atoms with Gasteiger partial charge in [0.05, 0.1) is 12.2 Å². The maximum atomic E-state index is 12.5. The highest BCUT2D eigenvalue weighted by Crippen LogP contribution is 2.27. The van der Waals surface area contributed by atoms with Crippen LogP contribution < -0.4 is 10.1 Å². The van der Waals surface area contributed by atoms with Crippen molar-refractivity contribution in [3.05, 3.63) is 59.2 Å². The van der Waals surface area contributed by atoms with Crippen LogP contribution in [-0.4, -0.2) is 24.6 Å². The minimum Gasteiger partial charge on any atom is -0.481 e. The van der Waals surface area contributed by atoms with Gasteiger partial charge in [0, 0.05) is 5.69 Å². The predicted molar refractivity (Wildman–Crippen MR) is 106 cm³/mol. The normalized spacial score (nSPS) is 11.8. The summed E-state index contributed by atoms with van der Waals surface area (Å²) < 4.78 is 10.9. The van der Waals surface area contributed by atoms with Gasteiger partial charge in [-0.2, -0.15) is 0 Å². The first-order chi connectivity index (χ1) is 12.8. The number of ether oxygens (including phenoxy) is 2. The molecule has 0 aliphatic rings. The van der Waals surface area contributed by atoms with E-state index >= 15 is 0 Å². The first kappa shape index (κ1) is 20.5. The van der Waals surface area contributed by atoms with E-state index in [1.807, 2.05) is 31.2 Å². The van der Waals surface area contributed by atoms with Gasteiger partial charge in [0.1, 0.15) is 5.75 Å². The van der Waals surface area contributed by atoms with Crippen molar-refractivity contribution < 1.29 is 19.1 Å². The zero-order valence-electron chi connectivity index (χ0n) is 16.5. The minimum absolute atomic E-state index is 0.249. The molecule has 0 aromatic heterocycles. The highest BCUT2D eigenvalue weighted by atomic mass is 16.5. The van der Waals surface area contributed by atoms with Crippen molar-refractivity contribution in [2.24, 2.45) is 0 Å². The Hall–Kier alpha value is -2.82. The van der Waals surface area contributed by atoms with Crippen LogP contribution in [0.1, 0.15) is 55.1 Å². The van der Waals surface area contributed by atoms with Gasteiger partial charge in [-0.1, -0.05) is 32.0 Å². The summed E-state index contributed by atoms with van der Waals surface area (Å²) in [6.45, 7) is 9.80. The fourth-order valence-corrected chi connectivity index (χ4v) is 2.69. The number of hydrogen-bond acceptors (Lipinski definition) is 4. The van der Waals surface area contributed by atoms with Crippen molar-refractivity contribution in [2.45, 2.75) is 46.6 Å². The first-order valence-electron chi connectivity index (χ1n) is 9.17. The molecule has 0 aliphatic heterocycles. The highest BCUT2D eigenvalue weighted by Gasteiger charge is 2.18. The van der Waals surface area contributed by atoms with E-state index < -0.39 is 6.10 Å². The van der Waals surface area contributed by atoms with Crippen molar-refractivity contribution in [1.29, 1.82) is 0 Å². The second-order valence-corrected chi connectivity index (χ2v) is 6.69. The van der Waals surface area contributed by atoms with E-state index in [2.05, 4.69) is 19.2 Å². The van der Waals surface area contributed by atoms with Crippen LogP contribution in [0.3, 0.4) is 0 Å². The predicted octanol–water partition coefficient (Wildman–Crippen LogP) is 4.70. The molecule has 0 aliphatic carbocycles. The lowest BCUT2D eigenvalue weighted by atomic mass is 10.0. The Bertz CT molecular complexity index is 814. The Kier molecular flexibility index (Phi) is 6.99. The fourth-order valence-electron chi connectivity index (χ4n) is 2.69. The van der Waals surface area contributed by atoms with E-state index in [0.717, 1.165) is 11.1 Å². The topological polar surface area (TPSA) is 64.6 Å². The largest absolute Gasteiger partial charge is 0.481 e. The van der Waals surface area contributed by atoms with E-state index in [9.17, 15) is 9.59 Å². The van der Waals surface area contributed by atoms with E-state index in [1.165, 1.54) is 0 Å². The molecule has 0 spiro atoms. The van der Waals surface area contributed by atoms with Gasteiger partial charge in [0.25, 0.3) is 5.91 Å². The molecule has 0 saturated heterocycles. The number of aryl methyl sites for hydroxylation is 1. The van der Waals surface area contributed by atoms with Gasteiger partial charge in [0.2, 0.25) is 0 Å². The monoisotopic (exact) mass is 369 g/mol. The average Bonchev–Trinajstić information content (AvgIpc) is 2.63. The van der Waals surface area contributed by atoms with Crippen molar-refractivity contribution in [3.8, 4) is 5.75 Å². The van der Waals surface area contributed by atoms with Crippen LogP contribution in [-0.2, 0) is 9.53 Å². The van der Waals surface area contributed by atoms with Crippen molar-refractivity contribution >= 4 is 17.6 Å². The Labute approximate surface area is 160 Å². The fraction of sp³-hybridized carbons (Fsp3) is 0.364. The number of carbonyl (C=O) groups excluding carboxylic acids is 2. The molecule has 27 heavy (non-hydrogen) atoms. The molecule has 0 bridgehead atoms. The Morgan fingerprint density at radius 2 is 1.78 bits per heavy atom. The number of anilines is 1. The molecule has 0 fully saturated rings. The van der Waals surface area contributed by atoms with Gasteiger partial charge >= 0.3 is 5.97 Å². The van der Waals surface area contributed by atoms with Gasteiger partial charge in [-0.25, -0.2) is 4.79 Å². The quantitative estimate of drug-likeness (QED) is 0.719. The molecule has 0 heterocycles. The first-order valence-corrected chi connectivity index (χ1v) is 9.17. The van der Waals surface area contributed by atoms with Crippen LogP contribution in [0.2, 0.25) is 0 Å². The maximum Gasteiger partial charge on any atom is 0.338 e. The molecule has 144 valence electrons. The summed E-state index contributed by atoms with van der Waals surface area (Å²) in [5.74, 6) is 0.389. The van der Waals surface area contributed by atoms with Gasteiger partial charge in [-0.05, 0) is 62.1 Å². The van der Waals surface area contributed by atoms with Gasteiger partial charge in [-0.15, -0.1) is 0 Å². The molecule has 1 amide bonds. The van der Waals surface area contributed by atoms with Crippen molar-refractivity contribution in [2.75, 3.05) is 11.9 Å². The lowest BCUT2D eigenvalue weighted by Gasteiger charge is -2.19. The summed E-state index contributed by atoms with van der Waals surface area (Å²) in [6.07, 6.45) is -0.658. The number of para-hydroxylation sites is 1. The van der Waals surface area contributed by atoms with E-state index in [-0.39, 0.29) is 11.9 Å². The Morgan fingerprint density at radius 1 is 1.07 bits per heavy atom. The van der Waals surface area contributed by atoms with Crippen LogP contribution in [0.25, 0.3) is 0 Å². The molecule has 1 N–H and O–H groups in total.